The topological polar surface area (TPSA) is 40.5 Å². The molecule has 0 aliphatic heterocycles. The molecule has 0 aromatic heterocycles. The molecule has 0 fully saturated rings. The standard InChI is InChI=1S/C10H13BrO2/c1-7-5-9(11)6-8(10(7)13)3-2-4-12/h5-6,12-13H,2-4H2,1H3. The molecule has 1 aromatic rings. The molecule has 0 aliphatic carbocycles. The number of halogens is 1. The SMILES string of the molecule is Cc1cc(Br)cc(CCCO)c1O. The van der Waals surface area contributed by atoms with Crippen molar-refractivity contribution in [1.29, 1.82) is 0 Å². The van der Waals surface area contributed by atoms with E-state index in [0.29, 0.717) is 18.6 Å². The summed E-state index contributed by atoms with van der Waals surface area (Å²) in [4.78, 5) is 0. The number of aliphatic hydroxyl groups is 1. The summed E-state index contributed by atoms with van der Waals surface area (Å²) in [7, 11) is 0. The zero-order chi connectivity index (χ0) is 9.84. The number of aromatic hydroxyl groups is 1. The summed E-state index contributed by atoms with van der Waals surface area (Å²) in [5.74, 6) is 0.344. The average Bonchev–Trinajstić information content (AvgIpc) is 2.09. The van der Waals surface area contributed by atoms with E-state index in [9.17, 15) is 5.11 Å². The molecule has 13 heavy (non-hydrogen) atoms. The highest BCUT2D eigenvalue weighted by Gasteiger charge is 2.05. The van der Waals surface area contributed by atoms with Crippen LogP contribution in [0.15, 0.2) is 16.6 Å². The molecule has 3 heteroatoms. The van der Waals surface area contributed by atoms with Gasteiger partial charge in [-0.3, -0.25) is 0 Å². The van der Waals surface area contributed by atoms with Gasteiger partial charge in [0.2, 0.25) is 0 Å². The molecule has 0 atom stereocenters. The van der Waals surface area contributed by atoms with Crippen LogP contribution in [-0.2, 0) is 6.42 Å². The maximum absolute atomic E-state index is 9.65. The second kappa shape index (κ2) is 4.63. The van der Waals surface area contributed by atoms with E-state index in [1.807, 2.05) is 19.1 Å². The lowest BCUT2D eigenvalue weighted by atomic mass is 10.1. The van der Waals surface area contributed by atoms with Gasteiger partial charge in [-0.2, -0.15) is 0 Å². The summed E-state index contributed by atoms with van der Waals surface area (Å²) in [6, 6.07) is 3.76. The van der Waals surface area contributed by atoms with E-state index in [2.05, 4.69) is 15.9 Å². The van der Waals surface area contributed by atoms with Crippen LogP contribution in [0, 0.1) is 6.92 Å². The van der Waals surface area contributed by atoms with Crippen LogP contribution < -0.4 is 0 Å². The van der Waals surface area contributed by atoms with Crippen molar-refractivity contribution in [2.24, 2.45) is 0 Å². The third-order valence-corrected chi connectivity index (χ3v) is 2.41. The van der Waals surface area contributed by atoms with Gasteiger partial charge in [0, 0.05) is 11.1 Å². The van der Waals surface area contributed by atoms with Crippen LogP contribution in [0.4, 0.5) is 0 Å². The molecule has 2 N–H and O–H groups in total. The van der Waals surface area contributed by atoms with Crippen molar-refractivity contribution in [3.05, 3.63) is 27.7 Å². The zero-order valence-corrected chi connectivity index (χ0v) is 9.13. The first-order valence-electron chi connectivity index (χ1n) is 4.24. The smallest absolute Gasteiger partial charge is 0.121 e. The molecule has 0 spiro atoms. The Hall–Kier alpha value is -0.540. The molecule has 2 nitrogen and oxygen atoms in total. The largest absolute Gasteiger partial charge is 0.507 e. The highest BCUT2D eigenvalue weighted by atomic mass is 79.9. The highest BCUT2D eigenvalue weighted by molar-refractivity contribution is 9.10. The molecule has 0 unspecified atom stereocenters. The van der Waals surface area contributed by atoms with Crippen LogP contribution in [0.5, 0.6) is 5.75 Å². The Morgan fingerprint density at radius 1 is 1.38 bits per heavy atom. The number of aliphatic hydroxyl groups excluding tert-OH is 1. The van der Waals surface area contributed by atoms with Gasteiger partial charge in [-0.1, -0.05) is 15.9 Å². The van der Waals surface area contributed by atoms with Gasteiger partial charge in [0.05, 0.1) is 0 Å². The summed E-state index contributed by atoms with van der Waals surface area (Å²) in [5, 5.41) is 18.3. The van der Waals surface area contributed by atoms with E-state index in [4.69, 9.17) is 5.11 Å². The Kier molecular flexibility index (Phi) is 3.75. The number of benzene rings is 1. The van der Waals surface area contributed by atoms with Crippen molar-refractivity contribution in [3.8, 4) is 5.75 Å². The van der Waals surface area contributed by atoms with Gasteiger partial charge in [-0.15, -0.1) is 0 Å². The second-order valence-electron chi connectivity index (χ2n) is 3.06. The predicted molar refractivity (Wildman–Crippen MR) is 56.0 cm³/mol. The first-order chi connectivity index (χ1) is 6.15. The Balaban J connectivity index is 2.92. The molecule has 0 saturated carbocycles. The van der Waals surface area contributed by atoms with Gasteiger partial charge in [0.15, 0.2) is 0 Å². The van der Waals surface area contributed by atoms with Crippen LogP contribution in [0.1, 0.15) is 17.5 Å². The van der Waals surface area contributed by atoms with Crippen LogP contribution in [0.25, 0.3) is 0 Å². The molecule has 72 valence electrons. The third-order valence-electron chi connectivity index (χ3n) is 1.95. The summed E-state index contributed by atoms with van der Waals surface area (Å²) in [6.45, 7) is 2.02. The Morgan fingerprint density at radius 2 is 2.08 bits per heavy atom. The predicted octanol–water partition coefficient (Wildman–Crippen LogP) is 2.39. The molecule has 0 aliphatic rings. The van der Waals surface area contributed by atoms with Gasteiger partial charge in [-0.25, -0.2) is 0 Å². The van der Waals surface area contributed by atoms with Crippen molar-refractivity contribution in [1.82, 2.24) is 0 Å². The maximum atomic E-state index is 9.65. The lowest BCUT2D eigenvalue weighted by molar-refractivity contribution is 0.288. The fourth-order valence-corrected chi connectivity index (χ4v) is 1.88. The van der Waals surface area contributed by atoms with Crippen molar-refractivity contribution in [2.45, 2.75) is 19.8 Å². The number of aryl methyl sites for hydroxylation is 2. The summed E-state index contributed by atoms with van der Waals surface area (Å²) < 4.78 is 0.968. The Morgan fingerprint density at radius 3 is 2.69 bits per heavy atom. The fourth-order valence-electron chi connectivity index (χ4n) is 1.26. The lowest BCUT2D eigenvalue weighted by Crippen LogP contribution is -1.91. The number of rotatable bonds is 3. The minimum atomic E-state index is 0.158. The molecular formula is C10H13BrO2. The Labute approximate surface area is 86.3 Å². The van der Waals surface area contributed by atoms with E-state index < -0.39 is 0 Å². The first-order valence-corrected chi connectivity index (χ1v) is 5.03. The highest BCUT2D eigenvalue weighted by Crippen LogP contribution is 2.27. The monoisotopic (exact) mass is 244 g/mol. The van der Waals surface area contributed by atoms with Crippen LogP contribution >= 0.6 is 15.9 Å². The van der Waals surface area contributed by atoms with Gasteiger partial charge in [0.1, 0.15) is 5.75 Å². The fraction of sp³-hybridized carbons (Fsp3) is 0.400. The quantitative estimate of drug-likeness (QED) is 0.858. The zero-order valence-electron chi connectivity index (χ0n) is 7.55. The van der Waals surface area contributed by atoms with Gasteiger partial charge >= 0.3 is 0 Å². The molecular weight excluding hydrogens is 232 g/mol. The lowest BCUT2D eigenvalue weighted by Gasteiger charge is -2.07. The van der Waals surface area contributed by atoms with E-state index in [-0.39, 0.29) is 6.61 Å². The molecule has 0 heterocycles. The van der Waals surface area contributed by atoms with E-state index in [1.54, 1.807) is 0 Å². The van der Waals surface area contributed by atoms with Crippen molar-refractivity contribution in [2.75, 3.05) is 6.61 Å². The molecule has 0 bridgehead atoms. The summed E-state index contributed by atoms with van der Waals surface area (Å²) in [5.41, 5.74) is 1.75. The van der Waals surface area contributed by atoms with Crippen LogP contribution in [0.3, 0.4) is 0 Å². The molecule has 0 radical (unpaired) electrons. The summed E-state index contributed by atoms with van der Waals surface area (Å²) in [6.07, 6.45) is 1.39. The summed E-state index contributed by atoms with van der Waals surface area (Å²) >= 11 is 3.37. The van der Waals surface area contributed by atoms with Crippen LogP contribution in [-0.4, -0.2) is 16.8 Å². The number of hydrogen-bond donors (Lipinski definition) is 2. The average molecular weight is 245 g/mol. The second-order valence-corrected chi connectivity index (χ2v) is 3.97. The van der Waals surface area contributed by atoms with Crippen molar-refractivity contribution >= 4 is 15.9 Å². The van der Waals surface area contributed by atoms with Gasteiger partial charge in [0.25, 0.3) is 0 Å². The van der Waals surface area contributed by atoms with Crippen molar-refractivity contribution in [3.63, 3.8) is 0 Å². The number of phenols is 1. The first kappa shape index (κ1) is 10.5. The maximum Gasteiger partial charge on any atom is 0.121 e. The third kappa shape index (κ3) is 2.71. The minimum absolute atomic E-state index is 0.158. The normalized spacial score (nSPS) is 10.4. The molecule has 0 saturated heterocycles. The van der Waals surface area contributed by atoms with Gasteiger partial charge in [-0.05, 0) is 43.0 Å². The molecule has 1 aromatic carbocycles. The van der Waals surface area contributed by atoms with Crippen molar-refractivity contribution < 1.29 is 10.2 Å². The van der Waals surface area contributed by atoms with E-state index >= 15 is 0 Å². The van der Waals surface area contributed by atoms with Crippen LogP contribution in [0.2, 0.25) is 0 Å². The van der Waals surface area contributed by atoms with Gasteiger partial charge < -0.3 is 10.2 Å². The minimum Gasteiger partial charge on any atom is -0.507 e. The molecule has 0 amide bonds. The van der Waals surface area contributed by atoms with E-state index in [1.165, 1.54) is 0 Å². The Bertz CT molecular complexity index is 297. The number of phenolic OH excluding ortho intramolecular Hbond substituents is 1. The number of hydrogen-bond acceptors (Lipinski definition) is 2. The van der Waals surface area contributed by atoms with E-state index in [0.717, 1.165) is 15.6 Å². The molecule has 1 rings (SSSR count).